The quantitative estimate of drug-likeness (QED) is 0.598. The number of nitrogens with zero attached hydrogens (tertiary/aromatic N) is 5. The van der Waals surface area contributed by atoms with E-state index in [1.165, 1.54) is 11.5 Å². The third-order valence-corrected chi connectivity index (χ3v) is 4.58. The first-order valence-electron chi connectivity index (χ1n) is 6.40. The minimum absolute atomic E-state index is 0.0760. The van der Waals surface area contributed by atoms with Crippen LogP contribution in [-0.2, 0) is 6.61 Å². The van der Waals surface area contributed by atoms with Crippen LogP contribution in [0.25, 0.3) is 16.3 Å². The van der Waals surface area contributed by atoms with E-state index in [1.807, 2.05) is 16.0 Å². The first-order chi connectivity index (χ1) is 10.8. The van der Waals surface area contributed by atoms with E-state index >= 15 is 0 Å². The highest BCUT2D eigenvalue weighted by Crippen LogP contribution is 2.27. The lowest BCUT2D eigenvalue weighted by Gasteiger charge is -2.04. The minimum Gasteiger partial charge on any atom is -0.390 e. The molecule has 0 unspecified atom stereocenters. The molecule has 0 atom stereocenters. The van der Waals surface area contributed by atoms with Gasteiger partial charge in [-0.15, -0.1) is 11.3 Å². The van der Waals surface area contributed by atoms with Crippen molar-refractivity contribution in [2.45, 2.75) is 6.61 Å². The first-order valence-corrected chi connectivity index (χ1v) is 8.06. The van der Waals surface area contributed by atoms with Gasteiger partial charge < -0.3 is 10.4 Å². The van der Waals surface area contributed by atoms with E-state index < -0.39 is 0 Å². The highest BCUT2D eigenvalue weighted by atomic mass is 32.1. The molecule has 0 saturated carbocycles. The van der Waals surface area contributed by atoms with Crippen molar-refractivity contribution in [1.29, 1.82) is 0 Å². The largest absolute Gasteiger partial charge is 0.390 e. The highest BCUT2D eigenvalue weighted by molar-refractivity contribution is 7.13. The number of hydrogen-bond acceptors (Lipinski definition) is 8. The summed E-state index contributed by atoms with van der Waals surface area (Å²) in [6.45, 7) is -0.0760. The van der Waals surface area contributed by atoms with E-state index in [0.717, 1.165) is 15.7 Å². The molecule has 9 heteroatoms. The average molecular weight is 330 g/mol. The van der Waals surface area contributed by atoms with Gasteiger partial charge in [0, 0.05) is 24.0 Å². The number of rotatable bonds is 4. The van der Waals surface area contributed by atoms with Crippen LogP contribution in [0.15, 0.2) is 36.2 Å². The standard InChI is InChI=1S/C13H10N6OS2/c20-7-8-5-10(22-18-8)17-11-12-16-6-9(13-15-2-4-21-13)19(12)3-1-14-11/h1-6,20H,7H2,(H,14,17). The Morgan fingerprint density at radius 3 is 2.95 bits per heavy atom. The Morgan fingerprint density at radius 2 is 2.18 bits per heavy atom. The Bertz CT molecular complexity index is 914. The fraction of sp³-hybridized carbons (Fsp3) is 0.0769. The predicted molar refractivity (Wildman–Crippen MR) is 85.4 cm³/mol. The number of hydrogen-bond donors (Lipinski definition) is 2. The molecule has 0 spiro atoms. The Hall–Kier alpha value is -2.36. The lowest BCUT2D eigenvalue weighted by atomic mass is 10.4. The Balaban J connectivity index is 1.76. The van der Waals surface area contributed by atoms with Gasteiger partial charge in [-0.25, -0.2) is 15.0 Å². The van der Waals surface area contributed by atoms with Gasteiger partial charge in [0.1, 0.15) is 15.7 Å². The van der Waals surface area contributed by atoms with Gasteiger partial charge in [-0.05, 0) is 17.6 Å². The van der Waals surface area contributed by atoms with Crippen LogP contribution in [0.3, 0.4) is 0 Å². The molecule has 4 heterocycles. The summed E-state index contributed by atoms with van der Waals surface area (Å²) in [5.41, 5.74) is 2.27. The number of anilines is 2. The fourth-order valence-electron chi connectivity index (χ4n) is 2.08. The van der Waals surface area contributed by atoms with Crippen LogP contribution in [0.5, 0.6) is 0 Å². The van der Waals surface area contributed by atoms with E-state index in [-0.39, 0.29) is 6.61 Å². The highest BCUT2D eigenvalue weighted by Gasteiger charge is 2.12. The predicted octanol–water partition coefficient (Wildman–Crippen LogP) is 2.55. The van der Waals surface area contributed by atoms with Crippen LogP contribution in [-0.4, -0.2) is 28.8 Å². The topological polar surface area (TPSA) is 88.2 Å². The molecule has 2 N–H and O–H groups in total. The molecule has 0 aliphatic rings. The van der Waals surface area contributed by atoms with E-state index in [0.29, 0.717) is 17.2 Å². The van der Waals surface area contributed by atoms with Crippen LogP contribution >= 0.6 is 22.9 Å². The number of thiazole rings is 1. The van der Waals surface area contributed by atoms with Crippen LogP contribution in [0.4, 0.5) is 10.8 Å². The van der Waals surface area contributed by atoms with Gasteiger partial charge in [-0.3, -0.25) is 4.40 Å². The molecule has 4 aromatic heterocycles. The van der Waals surface area contributed by atoms with E-state index in [9.17, 15) is 0 Å². The second-order valence-corrected chi connectivity index (χ2v) is 6.12. The second-order valence-electron chi connectivity index (χ2n) is 4.42. The van der Waals surface area contributed by atoms with Crippen molar-refractivity contribution in [3.05, 3.63) is 41.9 Å². The molecule has 0 aromatic carbocycles. The van der Waals surface area contributed by atoms with Crippen LogP contribution in [0.1, 0.15) is 5.69 Å². The fourth-order valence-corrected chi connectivity index (χ4v) is 3.38. The smallest absolute Gasteiger partial charge is 0.181 e. The molecule has 4 rings (SSSR count). The van der Waals surface area contributed by atoms with Gasteiger partial charge in [0.25, 0.3) is 0 Å². The molecule has 110 valence electrons. The number of aliphatic hydroxyl groups is 1. The van der Waals surface area contributed by atoms with Gasteiger partial charge in [0.05, 0.1) is 18.5 Å². The summed E-state index contributed by atoms with van der Waals surface area (Å²) in [6.07, 6.45) is 7.12. The number of nitrogens with one attached hydrogen (secondary N) is 1. The molecule has 0 bridgehead atoms. The maximum atomic E-state index is 9.08. The lowest BCUT2D eigenvalue weighted by molar-refractivity contribution is 0.278. The molecule has 22 heavy (non-hydrogen) atoms. The van der Waals surface area contributed by atoms with Crippen LogP contribution < -0.4 is 5.32 Å². The zero-order valence-electron chi connectivity index (χ0n) is 11.2. The van der Waals surface area contributed by atoms with Crippen molar-refractivity contribution in [1.82, 2.24) is 23.7 Å². The summed E-state index contributed by atoms with van der Waals surface area (Å²) in [5.74, 6) is 0.637. The van der Waals surface area contributed by atoms with E-state index in [1.54, 1.807) is 36.0 Å². The van der Waals surface area contributed by atoms with Crippen LogP contribution in [0, 0.1) is 0 Å². The summed E-state index contributed by atoms with van der Waals surface area (Å²) < 4.78 is 6.07. The monoisotopic (exact) mass is 330 g/mol. The zero-order chi connectivity index (χ0) is 14.9. The molecule has 0 amide bonds. The molecule has 0 aliphatic heterocycles. The number of fused-ring (bicyclic) bond motifs is 1. The Morgan fingerprint density at radius 1 is 1.23 bits per heavy atom. The molecule has 0 saturated heterocycles. The Kier molecular flexibility index (Phi) is 3.29. The van der Waals surface area contributed by atoms with Crippen molar-refractivity contribution in [3.63, 3.8) is 0 Å². The third-order valence-electron chi connectivity index (χ3n) is 3.04. The van der Waals surface area contributed by atoms with Gasteiger partial charge in [0.2, 0.25) is 0 Å². The van der Waals surface area contributed by atoms with Crippen molar-refractivity contribution in [2.75, 3.05) is 5.32 Å². The first kappa shape index (κ1) is 13.3. The SMILES string of the molecule is OCc1cc(Nc2nccn3c(-c4nccs4)cnc23)sn1. The summed E-state index contributed by atoms with van der Waals surface area (Å²) in [6, 6.07) is 1.79. The average Bonchev–Trinajstić information content (AvgIpc) is 3.27. The van der Waals surface area contributed by atoms with Gasteiger partial charge in [0.15, 0.2) is 11.5 Å². The normalized spacial score (nSPS) is 11.1. The Labute approximate surface area is 133 Å². The van der Waals surface area contributed by atoms with Crippen LogP contribution in [0.2, 0.25) is 0 Å². The van der Waals surface area contributed by atoms with Crippen molar-refractivity contribution in [3.8, 4) is 10.7 Å². The summed E-state index contributed by atoms with van der Waals surface area (Å²) in [5, 5.41) is 15.9. The molecular formula is C13H10N6OS2. The minimum atomic E-state index is -0.0760. The zero-order valence-corrected chi connectivity index (χ0v) is 12.8. The van der Waals surface area contributed by atoms with E-state index in [2.05, 4.69) is 24.6 Å². The summed E-state index contributed by atoms with van der Waals surface area (Å²) in [7, 11) is 0. The van der Waals surface area contributed by atoms with Crippen molar-refractivity contribution in [2.24, 2.45) is 0 Å². The van der Waals surface area contributed by atoms with Gasteiger partial charge >= 0.3 is 0 Å². The molecule has 4 aromatic rings. The number of imidazole rings is 1. The molecule has 0 radical (unpaired) electrons. The summed E-state index contributed by atoms with van der Waals surface area (Å²) in [4.78, 5) is 13.1. The van der Waals surface area contributed by atoms with E-state index in [4.69, 9.17) is 5.11 Å². The third kappa shape index (κ3) is 2.25. The maximum absolute atomic E-state index is 9.08. The maximum Gasteiger partial charge on any atom is 0.181 e. The van der Waals surface area contributed by atoms with Gasteiger partial charge in [-0.1, -0.05) is 0 Å². The number of aromatic nitrogens is 5. The van der Waals surface area contributed by atoms with Gasteiger partial charge in [-0.2, -0.15) is 4.37 Å². The second kappa shape index (κ2) is 5.44. The van der Waals surface area contributed by atoms with Crippen molar-refractivity contribution < 1.29 is 5.11 Å². The number of aliphatic hydroxyl groups excluding tert-OH is 1. The molecular weight excluding hydrogens is 320 g/mol. The van der Waals surface area contributed by atoms with Crippen molar-refractivity contribution >= 4 is 39.3 Å². The molecule has 0 fully saturated rings. The molecule has 0 aliphatic carbocycles. The molecule has 7 nitrogen and oxygen atoms in total. The lowest BCUT2D eigenvalue weighted by Crippen LogP contribution is -1.97. The summed E-state index contributed by atoms with van der Waals surface area (Å²) >= 11 is 2.84.